The Hall–Kier alpha value is -0.326. The van der Waals surface area contributed by atoms with Crippen LogP contribution in [-0.2, 0) is 19.2 Å². The quantitative estimate of drug-likeness (QED) is 0.536. The van der Waals surface area contributed by atoms with E-state index in [2.05, 4.69) is 39.8 Å². The Balaban J connectivity index is 2.16. The first-order valence-electron chi connectivity index (χ1n) is 7.84. The maximum atomic E-state index is 2.54. The van der Waals surface area contributed by atoms with Crippen molar-refractivity contribution in [2.75, 3.05) is 0 Å². The molecule has 0 aliphatic heterocycles. The zero-order valence-electron chi connectivity index (χ0n) is 12.9. The third-order valence-corrected chi connectivity index (χ3v) is 6.86. The molecule has 0 heterocycles. The third kappa shape index (κ3) is 3.06. The standard InChI is InChI=1S/2C9H13.Ti/c2*1-3-8-6-5-7-9(8)4-2;/h2*5H,3-4,6H2,1-2H3;. The first kappa shape index (κ1) is 15.1. The molecule has 2 aliphatic carbocycles. The topological polar surface area (TPSA) is 0 Å². The van der Waals surface area contributed by atoms with Crippen LogP contribution in [0.1, 0.15) is 66.2 Å². The SMILES string of the molecule is CCC1=C(CC)[C]([Ti][C]2=CCC(CC)=C2CC)=CC1. The Bertz CT molecular complexity index is 428. The molecule has 1 heteroatoms. The number of allylic oxidation sites excluding steroid dienone is 8. The number of hydrogen-bond acceptors (Lipinski definition) is 0. The fourth-order valence-electron chi connectivity index (χ4n) is 3.32. The molecule has 0 saturated heterocycles. The van der Waals surface area contributed by atoms with Crippen LogP contribution in [0.5, 0.6) is 0 Å². The van der Waals surface area contributed by atoms with E-state index >= 15 is 0 Å². The van der Waals surface area contributed by atoms with Crippen LogP contribution in [0.15, 0.2) is 42.2 Å². The molecule has 0 aromatic carbocycles. The van der Waals surface area contributed by atoms with E-state index in [0.29, 0.717) is 0 Å². The van der Waals surface area contributed by atoms with Gasteiger partial charge in [0, 0.05) is 0 Å². The molecule has 0 nitrogen and oxygen atoms in total. The van der Waals surface area contributed by atoms with Crippen LogP contribution in [-0.4, -0.2) is 0 Å². The van der Waals surface area contributed by atoms with E-state index in [-0.39, 0.29) is 19.2 Å². The minimum atomic E-state index is -0.0876. The summed E-state index contributed by atoms with van der Waals surface area (Å²) >= 11 is -0.0876. The third-order valence-electron chi connectivity index (χ3n) is 4.44. The molecule has 0 aromatic rings. The Morgan fingerprint density at radius 1 is 0.737 bits per heavy atom. The summed E-state index contributed by atoms with van der Waals surface area (Å²) in [6, 6.07) is 0. The molecule has 0 spiro atoms. The second-order valence-electron chi connectivity index (χ2n) is 5.35. The van der Waals surface area contributed by atoms with E-state index in [0.717, 1.165) is 0 Å². The van der Waals surface area contributed by atoms with Crippen LogP contribution in [0.3, 0.4) is 0 Å². The van der Waals surface area contributed by atoms with Gasteiger partial charge in [0.25, 0.3) is 0 Å². The summed E-state index contributed by atoms with van der Waals surface area (Å²) in [5.74, 6) is 0. The molecule has 0 atom stereocenters. The minimum absolute atomic E-state index is 0.0876. The number of rotatable bonds is 6. The van der Waals surface area contributed by atoms with Gasteiger partial charge in [0.05, 0.1) is 0 Å². The summed E-state index contributed by atoms with van der Waals surface area (Å²) in [5.41, 5.74) is 6.84. The van der Waals surface area contributed by atoms with E-state index in [9.17, 15) is 0 Å². The molecule has 0 unspecified atom stereocenters. The second-order valence-corrected chi connectivity index (χ2v) is 7.42. The second kappa shape index (κ2) is 6.91. The van der Waals surface area contributed by atoms with Crippen LogP contribution >= 0.6 is 0 Å². The first-order chi connectivity index (χ1) is 9.24. The molecular formula is C18H26Ti. The van der Waals surface area contributed by atoms with Crippen LogP contribution in [0.25, 0.3) is 0 Å². The van der Waals surface area contributed by atoms with Crippen molar-refractivity contribution in [1.29, 1.82) is 0 Å². The maximum absolute atomic E-state index is 2.54. The predicted octanol–water partition coefficient (Wildman–Crippen LogP) is 5.88. The van der Waals surface area contributed by atoms with Gasteiger partial charge in [0.1, 0.15) is 0 Å². The monoisotopic (exact) mass is 290 g/mol. The van der Waals surface area contributed by atoms with Crippen LogP contribution < -0.4 is 0 Å². The summed E-state index contributed by atoms with van der Waals surface area (Å²) in [5, 5.41) is 0. The van der Waals surface area contributed by atoms with Crippen molar-refractivity contribution in [1.82, 2.24) is 0 Å². The number of hydrogen-bond donors (Lipinski definition) is 0. The van der Waals surface area contributed by atoms with Gasteiger partial charge in [-0.1, -0.05) is 0 Å². The van der Waals surface area contributed by atoms with E-state index in [1.165, 1.54) is 38.5 Å². The van der Waals surface area contributed by atoms with E-state index in [1.807, 2.05) is 0 Å². The Labute approximate surface area is 127 Å². The summed E-state index contributed by atoms with van der Waals surface area (Å²) < 4.78 is 3.49. The molecule has 2 rings (SSSR count). The molecule has 0 N–H and O–H groups in total. The summed E-state index contributed by atoms with van der Waals surface area (Å²) in [4.78, 5) is 0. The van der Waals surface area contributed by atoms with Crippen LogP contribution in [0, 0.1) is 0 Å². The van der Waals surface area contributed by atoms with Crippen molar-refractivity contribution >= 4 is 0 Å². The van der Waals surface area contributed by atoms with Gasteiger partial charge in [-0.15, -0.1) is 0 Å². The molecule has 102 valence electrons. The van der Waals surface area contributed by atoms with E-state index in [1.54, 1.807) is 30.0 Å². The Kier molecular flexibility index (Phi) is 5.48. The van der Waals surface area contributed by atoms with Gasteiger partial charge in [0.2, 0.25) is 0 Å². The van der Waals surface area contributed by atoms with Gasteiger partial charge in [-0.25, -0.2) is 0 Å². The molecule has 0 aromatic heterocycles. The van der Waals surface area contributed by atoms with Crippen molar-refractivity contribution in [2.24, 2.45) is 0 Å². The normalized spacial score (nSPS) is 19.2. The molecule has 19 heavy (non-hydrogen) atoms. The Morgan fingerprint density at radius 2 is 1.16 bits per heavy atom. The molecule has 0 saturated carbocycles. The summed E-state index contributed by atoms with van der Waals surface area (Å²) in [6.45, 7) is 9.27. The van der Waals surface area contributed by atoms with Crippen molar-refractivity contribution < 1.29 is 19.2 Å². The predicted molar refractivity (Wildman–Crippen MR) is 80.6 cm³/mol. The molecule has 0 amide bonds. The molecule has 0 fully saturated rings. The zero-order valence-corrected chi connectivity index (χ0v) is 14.5. The van der Waals surface area contributed by atoms with Crippen LogP contribution in [0.4, 0.5) is 0 Å². The molecule has 2 aliphatic rings. The van der Waals surface area contributed by atoms with Crippen LogP contribution in [0.2, 0.25) is 0 Å². The van der Waals surface area contributed by atoms with Crippen molar-refractivity contribution in [3.63, 3.8) is 0 Å². The van der Waals surface area contributed by atoms with Crippen molar-refractivity contribution in [3.8, 4) is 0 Å². The van der Waals surface area contributed by atoms with Gasteiger partial charge in [-0.05, 0) is 0 Å². The van der Waals surface area contributed by atoms with Gasteiger partial charge < -0.3 is 0 Å². The van der Waals surface area contributed by atoms with Gasteiger partial charge in [-0.3, -0.25) is 0 Å². The van der Waals surface area contributed by atoms with E-state index in [4.69, 9.17) is 0 Å². The summed E-state index contributed by atoms with van der Waals surface area (Å²) in [6.07, 6.45) is 12.5. The zero-order chi connectivity index (χ0) is 13.8. The van der Waals surface area contributed by atoms with Gasteiger partial charge in [-0.2, -0.15) is 0 Å². The average Bonchev–Trinajstić information content (AvgIpc) is 3.01. The Morgan fingerprint density at radius 3 is 1.47 bits per heavy atom. The average molecular weight is 290 g/mol. The van der Waals surface area contributed by atoms with Gasteiger partial charge in [0.15, 0.2) is 0 Å². The summed E-state index contributed by atoms with van der Waals surface area (Å²) in [7, 11) is 0. The fourth-order valence-corrected chi connectivity index (χ4v) is 5.98. The van der Waals surface area contributed by atoms with E-state index < -0.39 is 0 Å². The van der Waals surface area contributed by atoms with Crippen molar-refractivity contribution in [2.45, 2.75) is 66.2 Å². The molecule has 0 bridgehead atoms. The van der Waals surface area contributed by atoms with Gasteiger partial charge >= 0.3 is 128 Å². The molecular weight excluding hydrogens is 264 g/mol. The fraction of sp³-hybridized carbons (Fsp3) is 0.556. The van der Waals surface area contributed by atoms with Crippen molar-refractivity contribution in [3.05, 3.63) is 42.2 Å². The molecule has 0 radical (unpaired) electrons. The first-order valence-corrected chi connectivity index (χ1v) is 9.41.